The minimum Gasteiger partial charge on any atom is -0.466 e. The predicted molar refractivity (Wildman–Crippen MR) is 45.9 cm³/mol. The molecule has 0 aliphatic carbocycles. The molecule has 0 atom stereocenters. The Morgan fingerprint density at radius 3 is 2.50 bits per heavy atom. The van der Waals surface area contributed by atoms with Gasteiger partial charge in [-0.05, 0) is 13.8 Å². The minimum atomic E-state index is -0.431. The van der Waals surface area contributed by atoms with Gasteiger partial charge in [0.25, 0.3) is 0 Å². The van der Waals surface area contributed by atoms with Crippen LogP contribution >= 0.6 is 11.6 Å². The third kappa shape index (κ3) is 4.13. The molecule has 0 rings (SSSR count). The fraction of sp³-hybridized carbons (Fsp3) is 0.500. The van der Waals surface area contributed by atoms with Crippen LogP contribution < -0.4 is 0 Å². The third-order valence-corrected chi connectivity index (χ3v) is 1.47. The summed E-state index contributed by atoms with van der Waals surface area (Å²) < 4.78 is 4.63. The molecule has 0 radical (unpaired) electrons. The van der Waals surface area contributed by atoms with Gasteiger partial charge in [-0.3, -0.25) is 9.59 Å². The Bertz CT molecular complexity index is 204. The topological polar surface area (TPSA) is 43.4 Å². The first kappa shape index (κ1) is 11.2. The number of carbonyl (C=O) groups excluding carboxylic acids is 2. The van der Waals surface area contributed by atoms with Gasteiger partial charge in [0.15, 0.2) is 0 Å². The van der Waals surface area contributed by atoms with Gasteiger partial charge in [0.1, 0.15) is 6.29 Å². The van der Waals surface area contributed by atoms with Crippen molar-refractivity contribution in [3.63, 3.8) is 0 Å². The fourth-order valence-electron chi connectivity index (χ4n) is 0.612. The van der Waals surface area contributed by atoms with Gasteiger partial charge in [0.2, 0.25) is 0 Å². The molecule has 0 saturated carbocycles. The number of rotatable bonds is 4. The smallest absolute Gasteiger partial charge is 0.310 e. The highest BCUT2D eigenvalue weighted by Crippen LogP contribution is 2.10. The maximum Gasteiger partial charge on any atom is 0.310 e. The molecular formula is C8H11ClO3. The second-order valence-corrected chi connectivity index (χ2v) is 2.73. The molecule has 0 unspecified atom stereocenters. The number of ether oxygens (including phenoxy) is 1. The van der Waals surface area contributed by atoms with E-state index in [4.69, 9.17) is 11.6 Å². The SMILES string of the molecule is CCOC(=O)C/C(C=O)=C(\C)Cl. The Morgan fingerprint density at radius 1 is 1.58 bits per heavy atom. The quantitative estimate of drug-likeness (QED) is 0.385. The van der Waals surface area contributed by atoms with Crippen LogP contribution in [-0.2, 0) is 14.3 Å². The van der Waals surface area contributed by atoms with Crippen molar-refractivity contribution in [2.24, 2.45) is 0 Å². The zero-order chi connectivity index (χ0) is 9.56. The summed E-state index contributed by atoms with van der Waals surface area (Å²) in [5, 5.41) is 0.332. The van der Waals surface area contributed by atoms with E-state index in [1.165, 1.54) is 0 Å². The van der Waals surface area contributed by atoms with Crippen LogP contribution in [0.25, 0.3) is 0 Å². The van der Waals surface area contributed by atoms with Gasteiger partial charge in [0, 0.05) is 10.6 Å². The molecule has 0 aromatic carbocycles. The van der Waals surface area contributed by atoms with Crippen molar-refractivity contribution in [2.75, 3.05) is 6.61 Å². The summed E-state index contributed by atoms with van der Waals surface area (Å²) in [5.41, 5.74) is 0.273. The Morgan fingerprint density at radius 2 is 2.17 bits per heavy atom. The number of aldehydes is 1. The summed E-state index contributed by atoms with van der Waals surface area (Å²) in [6.45, 7) is 3.58. The molecule has 4 heteroatoms. The first-order valence-electron chi connectivity index (χ1n) is 3.57. The van der Waals surface area contributed by atoms with Crippen molar-refractivity contribution in [3.05, 3.63) is 10.6 Å². The van der Waals surface area contributed by atoms with Gasteiger partial charge >= 0.3 is 5.97 Å². The summed E-state index contributed by atoms with van der Waals surface area (Å²) in [6.07, 6.45) is 0.520. The van der Waals surface area contributed by atoms with Crippen LogP contribution in [0.3, 0.4) is 0 Å². The maximum atomic E-state index is 10.8. The van der Waals surface area contributed by atoms with Crippen LogP contribution in [0.4, 0.5) is 0 Å². The molecule has 0 aliphatic rings. The van der Waals surface area contributed by atoms with E-state index in [2.05, 4.69) is 4.74 Å². The van der Waals surface area contributed by atoms with Crippen LogP contribution in [0, 0.1) is 0 Å². The number of allylic oxidation sites excluding steroid dienone is 1. The van der Waals surface area contributed by atoms with Crippen molar-refractivity contribution in [2.45, 2.75) is 20.3 Å². The highest BCUT2D eigenvalue weighted by atomic mass is 35.5. The second-order valence-electron chi connectivity index (χ2n) is 2.16. The molecular weight excluding hydrogens is 180 g/mol. The van der Waals surface area contributed by atoms with Crippen LogP contribution in [0.15, 0.2) is 10.6 Å². The molecule has 0 N–H and O–H groups in total. The highest BCUT2D eigenvalue weighted by Gasteiger charge is 2.07. The van der Waals surface area contributed by atoms with Gasteiger partial charge < -0.3 is 4.74 Å². The monoisotopic (exact) mass is 190 g/mol. The van der Waals surface area contributed by atoms with E-state index in [0.29, 0.717) is 17.9 Å². The highest BCUT2D eigenvalue weighted by molar-refractivity contribution is 6.31. The van der Waals surface area contributed by atoms with Gasteiger partial charge in [0.05, 0.1) is 13.0 Å². The number of halogens is 1. The normalized spacial score (nSPS) is 11.9. The number of carbonyl (C=O) groups is 2. The van der Waals surface area contributed by atoms with E-state index in [1.807, 2.05) is 0 Å². The van der Waals surface area contributed by atoms with Crippen LogP contribution in [0.2, 0.25) is 0 Å². The molecule has 0 amide bonds. The molecule has 0 aromatic rings. The van der Waals surface area contributed by atoms with E-state index in [-0.39, 0.29) is 12.0 Å². The minimum absolute atomic E-state index is 0.0489. The molecule has 0 saturated heterocycles. The van der Waals surface area contributed by atoms with E-state index < -0.39 is 5.97 Å². The van der Waals surface area contributed by atoms with Gasteiger partial charge in [-0.2, -0.15) is 0 Å². The largest absolute Gasteiger partial charge is 0.466 e. The zero-order valence-corrected chi connectivity index (χ0v) is 7.85. The number of hydrogen-bond acceptors (Lipinski definition) is 3. The van der Waals surface area contributed by atoms with E-state index >= 15 is 0 Å². The van der Waals surface area contributed by atoms with Crippen LogP contribution in [0.5, 0.6) is 0 Å². The molecule has 0 spiro atoms. The first-order chi connectivity index (χ1) is 5.61. The third-order valence-electron chi connectivity index (χ3n) is 1.22. The molecule has 0 heterocycles. The van der Waals surface area contributed by atoms with Crippen molar-refractivity contribution >= 4 is 23.9 Å². The number of hydrogen-bond donors (Lipinski definition) is 0. The summed E-state index contributed by atoms with van der Waals surface area (Å²) in [5.74, 6) is -0.431. The van der Waals surface area contributed by atoms with Gasteiger partial charge in [-0.1, -0.05) is 11.6 Å². The average molecular weight is 191 g/mol. The molecule has 0 aromatic heterocycles. The standard InChI is InChI=1S/C8H11ClO3/c1-3-12-8(11)4-7(5-10)6(2)9/h5H,3-4H2,1-2H3/b7-6-. The van der Waals surface area contributed by atoms with Crippen molar-refractivity contribution < 1.29 is 14.3 Å². The second kappa shape index (κ2) is 5.77. The lowest BCUT2D eigenvalue weighted by molar-refractivity contribution is -0.142. The first-order valence-corrected chi connectivity index (χ1v) is 3.95. The maximum absolute atomic E-state index is 10.8. The fourth-order valence-corrected chi connectivity index (χ4v) is 0.724. The van der Waals surface area contributed by atoms with Crippen molar-refractivity contribution in [3.8, 4) is 0 Å². The zero-order valence-electron chi connectivity index (χ0n) is 7.09. The molecule has 0 aliphatic heterocycles. The summed E-state index contributed by atoms with van der Waals surface area (Å²) in [6, 6.07) is 0. The van der Waals surface area contributed by atoms with Crippen LogP contribution in [0.1, 0.15) is 20.3 Å². The Kier molecular flexibility index (Phi) is 5.37. The van der Waals surface area contributed by atoms with Crippen LogP contribution in [-0.4, -0.2) is 18.9 Å². The lowest BCUT2D eigenvalue weighted by Gasteiger charge is -2.01. The molecule has 12 heavy (non-hydrogen) atoms. The average Bonchev–Trinajstić information content (AvgIpc) is 2.00. The van der Waals surface area contributed by atoms with E-state index in [0.717, 1.165) is 0 Å². The van der Waals surface area contributed by atoms with Crippen molar-refractivity contribution in [1.29, 1.82) is 0 Å². The predicted octanol–water partition coefficient (Wildman–Crippen LogP) is 1.65. The Balaban J connectivity index is 4.14. The van der Waals surface area contributed by atoms with E-state index in [9.17, 15) is 9.59 Å². The summed E-state index contributed by atoms with van der Waals surface area (Å²) in [4.78, 5) is 21.2. The molecule has 0 fully saturated rings. The lowest BCUT2D eigenvalue weighted by Crippen LogP contribution is -2.06. The number of esters is 1. The summed E-state index contributed by atoms with van der Waals surface area (Å²) >= 11 is 5.53. The van der Waals surface area contributed by atoms with Gasteiger partial charge in [-0.15, -0.1) is 0 Å². The Labute approximate surface area is 76.3 Å². The molecule has 68 valence electrons. The lowest BCUT2D eigenvalue weighted by atomic mass is 10.2. The molecule has 3 nitrogen and oxygen atoms in total. The van der Waals surface area contributed by atoms with Crippen molar-refractivity contribution in [1.82, 2.24) is 0 Å². The summed E-state index contributed by atoms with van der Waals surface area (Å²) in [7, 11) is 0. The van der Waals surface area contributed by atoms with E-state index in [1.54, 1.807) is 13.8 Å². The van der Waals surface area contributed by atoms with Gasteiger partial charge in [-0.25, -0.2) is 0 Å². The molecule has 0 bridgehead atoms. The Hall–Kier alpha value is -0.830.